The highest BCUT2D eigenvalue weighted by atomic mass is 35.5. The average Bonchev–Trinajstić information content (AvgIpc) is 2.82. The van der Waals surface area contributed by atoms with E-state index in [0.29, 0.717) is 16.1 Å². The van der Waals surface area contributed by atoms with Crippen LogP contribution in [0.15, 0.2) is 78.9 Å². The van der Waals surface area contributed by atoms with E-state index in [1.54, 1.807) is 36.4 Å². The van der Waals surface area contributed by atoms with Crippen LogP contribution in [0.3, 0.4) is 0 Å². The largest absolute Gasteiger partial charge is 0.452 e. The van der Waals surface area contributed by atoms with E-state index in [1.807, 2.05) is 0 Å². The molecule has 8 nitrogen and oxygen atoms in total. The van der Waals surface area contributed by atoms with E-state index in [9.17, 15) is 24.5 Å². The highest BCUT2D eigenvalue weighted by molar-refractivity contribution is 6.31. The maximum Gasteiger partial charge on any atom is 0.331 e. The minimum absolute atomic E-state index is 0.117. The van der Waals surface area contributed by atoms with Crippen LogP contribution in [0.1, 0.15) is 21.5 Å². The Labute approximate surface area is 193 Å². The fourth-order valence-electron chi connectivity index (χ4n) is 2.84. The van der Waals surface area contributed by atoms with Crippen LogP contribution in [-0.4, -0.2) is 29.2 Å². The predicted octanol–water partition coefficient (Wildman–Crippen LogP) is 4.67. The second-order valence-corrected chi connectivity index (χ2v) is 7.16. The molecule has 0 atom stereocenters. The second kappa shape index (κ2) is 10.8. The van der Waals surface area contributed by atoms with Crippen molar-refractivity contribution in [3.63, 3.8) is 0 Å². The normalized spacial score (nSPS) is 10.6. The number of non-ortho nitro benzene ring substituents is 1. The molecule has 0 aliphatic carbocycles. The van der Waals surface area contributed by atoms with Crippen molar-refractivity contribution >= 4 is 46.7 Å². The van der Waals surface area contributed by atoms with E-state index >= 15 is 0 Å². The predicted molar refractivity (Wildman–Crippen MR) is 123 cm³/mol. The van der Waals surface area contributed by atoms with Crippen molar-refractivity contribution in [1.29, 1.82) is 0 Å². The molecular formula is C24H17ClN2O6. The van der Waals surface area contributed by atoms with Crippen molar-refractivity contribution in [3.8, 4) is 0 Å². The summed E-state index contributed by atoms with van der Waals surface area (Å²) in [5.74, 6) is -1.80. The van der Waals surface area contributed by atoms with E-state index in [4.69, 9.17) is 16.3 Å². The third kappa shape index (κ3) is 6.59. The van der Waals surface area contributed by atoms with Gasteiger partial charge >= 0.3 is 5.97 Å². The van der Waals surface area contributed by atoms with E-state index in [0.717, 1.165) is 6.08 Å². The van der Waals surface area contributed by atoms with Gasteiger partial charge in [0.25, 0.3) is 11.6 Å². The number of nitrogens with one attached hydrogen (secondary N) is 1. The molecule has 3 rings (SSSR count). The average molecular weight is 465 g/mol. The van der Waals surface area contributed by atoms with Crippen molar-refractivity contribution in [1.82, 2.24) is 0 Å². The number of carbonyl (C=O) groups is 3. The molecule has 0 spiro atoms. The molecule has 1 amide bonds. The molecule has 166 valence electrons. The summed E-state index contributed by atoms with van der Waals surface area (Å²) >= 11 is 6.02. The van der Waals surface area contributed by atoms with Crippen LogP contribution in [-0.2, 0) is 14.3 Å². The monoisotopic (exact) mass is 464 g/mol. The molecule has 0 aliphatic rings. The zero-order chi connectivity index (χ0) is 23.8. The first-order chi connectivity index (χ1) is 15.8. The number of hydrogen-bond acceptors (Lipinski definition) is 6. The smallest absolute Gasteiger partial charge is 0.331 e. The van der Waals surface area contributed by atoms with Crippen LogP contribution >= 0.6 is 11.6 Å². The molecule has 0 bridgehead atoms. The van der Waals surface area contributed by atoms with Crippen molar-refractivity contribution in [2.24, 2.45) is 0 Å². The zero-order valence-electron chi connectivity index (χ0n) is 17.1. The molecule has 0 saturated heterocycles. The van der Waals surface area contributed by atoms with Crippen LogP contribution in [0, 0.1) is 10.1 Å². The molecule has 3 aromatic carbocycles. The number of nitro groups is 1. The van der Waals surface area contributed by atoms with Gasteiger partial charge in [-0.15, -0.1) is 0 Å². The Balaban J connectivity index is 1.62. The van der Waals surface area contributed by atoms with Crippen LogP contribution in [0.5, 0.6) is 0 Å². The van der Waals surface area contributed by atoms with Crippen molar-refractivity contribution < 1.29 is 24.0 Å². The fourth-order valence-corrected chi connectivity index (χ4v) is 3.01. The molecule has 0 aliphatic heterocycles. The quantitative estimate of drug-likeness (QED) is 0.170. The van der Waals surface area contributed by atoms with Gasteiger partial charge in [0.1, 0.15) is 0 Å². The summed E-state index contributed by atoms with van der Waals surface area (Å²) in [7, 11) is 0. The zero-order valence-corrected chi connectivity index (χ0v) is 17.8. The number of ketones is 1. The first-order valence-corrected chi connectivity index (χ1v) is 10.00. The highest BCUT2D eigenvalue weighted by Gasteiger charge is 2.16. The van der Waals surface area contributed by atoms with Crippen molar-refractivity contribution in [3.05, 3.63) is 111 Å². The standard InChI is InChI=1S/C24H17ClN2O6/c25-18-10-11-21(20(14-18)24(30)17-6-2-1-3-7-17)26-22(28)15-33-23(29)12-9-16-5-4-8-19(13-16)27(31)32/h1-14H,15H2,(H,26,28). The summed E-state index contributed by atoms with van der Waals surface area (Å²) in [6.07, 6.45) is 2.39. The van der Waals surface area contributed by atoms with Gasteiger partial charge < -0.3 is 10.1 Å². The summed E-state index contributed by atoms with van der Waals surface area (Å²) in [4.78, 5) is 47.2. The molecule has 0 unspecified atom stereocenters. The Morgan fingerprint density at radius 3 is 2.48 bits per heavy atom. The summed E-state index contributed by atoms with van der Waals surface area (Å²) in [5, 5.41) is 13.7. The number of halogens is 1. The van der Waals surface area contributed by atoms with Gasteiger partial charge in [-0.1, -0.05) is 54.1 Å². The Morgan fingerprint density at radius 2 is 1.76 bits per heavy atom. The number of carbonyl (C=O) groups excluding carboxylic acids is 3. The first-order valence-electron chi connectivity index (χ1n) is 9.62. The lowest BCUT2D eigenvalue weighted by atomic mass is 10.0. The number of hydrogen-bond donors (Lipinski definition) is 1. The number of esters is 1. The van der Waals surface area contributed by atoms with E-state index in [2.05, 4.69) is 5.32 Å². The lowest BCUT2D eigenvalue weighted by molar-refractivity contribution is -0.384. The fraction of sp³-hybridized carbons (Fsp3) is 0.0417. The molecule has 33 heavy (non-hydrogen) atoms. The molecule has 3 aromatic rings. The summed E-state index contributed by atoms with van der Waals surface area (Å²) in [6, 6.07) is 18.6. The Hall–Kier alpha value is -4.30. The Kier molecular flexibility index (Phi) is 7.67. The number of benzene rings is 3. The Bertz CT molecular complexity index is 1240. The van der Waals surface area contributed by atoms with Gasteiger partial charge in [-0.05, 0) is 29.8 Å². The van der Waals surface area contributed by atoms with Gasteiger partial charge in [0.2, 0.25) is 0 Å². The van der Waals surface area contributed by atoms with Gasteiger partial charge in [-0.3, -0.25) is 19.7 Å². The third-order valence-corrected chi connectivity index (χ3v) is 4.61. The molecule has 0 fully saturated rings. The van der Waals surface area contributed by atoms with Gasteiger partial charge in [0.15, 0.2) is 12.4 Å². The van der Waals surface area contributed by atoms with Crippen molar-refractivity contribution in [2.75, 3.05) is 11.9 Å². The topological polar surface area (TPSA) is 116 Å². The molecule has 0 radical (unpaired) electrons. The maximum absolute atomic E-state index is 12.8. The van der Waals surface area contributed by atoms with Gasteiger partial charge in [-0.25, -0.2) is 4.79 Å². The van der Waals surface area contributed by atoms with Crippen LogP contribution < -0.4 is 5.32 Å². The summed E-state index contributed by atoms with van der Waals surface area (Å²) in [5.41, 5.74) is 1.15. The van der Waals surface area contributed by atoms with Crippen LogP contribution in [0.4, 0.5) is 11.4 Å². The third-order valence-electron chi connectivity index (χ3n) is 4.37. The van der Waals surface area contributed by atoms with Crippen LogP contribution in [0.25, 0.3) is 6.08 Å². The van der Waals surface area contributed by atoms with Gasteiger partial charge in [0, 0.05) is 34.4 Å². The second-order valence-electron chi connectivity index (χ2n) is 6.73. The number of anilines is 1. The van der Waals surface area contributed by atoms with Crippen LogP contribution in [0.2, 0.25) is 5.02 Å². The molecule has 0 heterocycles. The lowest BCUT2D eigenvalue weighted by Gasteiger charge is -2.11. The van der Waals surface area contributed by atoms with Gasteiger partial charge in [0.05, 0.1) is 10.6 Å². The maximum atomic E-state index is 12.8. The summed E-state index contributed by atoms with van der Waals surface area (Å²) in [6.45, 7) is -0.598. The number of ether oxygens (including phenoxy) is 1. The number of nitro benzene ring substituents is 1. The SMILES string of the molecule is O=C(COC(=O)C=Cc1cccc([N+](=O)[O-])c1)Nc1ccc(Cl)cc1C(=O)c1ccccc1. The molecule has 0 aromatic heterocycles. The molecule has 1 N–H and O–H groups in total. The molecule has 0 saturated carbocycles. The first kappa shape index (κ1) is 23.4. The minimum atomic E-state index is -0.812. The van der Waals surface area contributed by atoms with E-state index < -0.39 is 23.4 Å². The molecule has 9 heteroatoms. The Morgan fingerprint density at radius 1 is 1.00 bits per heavy atom. The number of amides is 1. The van der Waals surface area contributed by atoms with E-state index in [1.165, 1.54) is 42.5 Å². The minimum Gasteiger partial charge on any atom is -0.452 e. The lowest BCUT2D eigenvalue weighted by Crippen LogP contribution is -2.21. The van der Waals surface area contributed by atoms with Gasteiger partial charge in [-0.2, -0.15) is 0 Å². The number of nitrogens with zero attached hydrogens (tertiary/aromatic N) is 1. The van der Waals surface area contributed by atoms with Crippen molar-refractivity contribution in [2.45, 2.75) is 0 Å². The summed E-state index contributed by atoms with van der Waals surface area (Å²) < 4.78 is 4.90. The number of rotatable bonds is 8. The molecular weight excluding hydrogens is 448 g/mol. The highest BCUT2D eigenvalue weighted by Crippen LogP contribution is 2.24. The van der Waals surface area contributed by atoms with E-state index in [-0.39, 0.29) is 22.7 Å².